The van der Waals surface area contributed by atoms with E-state index in [0.717, 1.165) is 42.3 Å². The third-order valence-electron chi connectivity index (χ3n) is 5.25. The summed E-state index contributed by atoms with van der Waals surface area (Å²) in [5, 5.41) is 0.994. The summed E-state index contributed by atoms with van der Waals surface area (Å²) in [6.07, 6.45) is 4.78. The maximum Gasteiger partial charge on any atom is 0.253 e. The number of hydrogen-bond donors (Lipinski definition) is 0. The zero-order valence-corrected chi connectivity index (χ0v) is 14.6. The molecule has 2 fully saturated rings. The molecule has 0 saturated carbocycles. The van der Waals surface area contributed by atoms with Crippen LogP contribution in [0.3, 0.4) is 0 Å². The molecule has 0 N–H and O–H groups in total. The van der Waals surface area contributed by atoms with Crippen molar-refractivity contribution in [3.05, 3.63) is 42.1 Å². The van der Waals surface area contributed by atoms with Gasteiger partial charge in [-0.2, -0.15) is 0 Å². The van der Waals surface area contributed by atoms with Crippen molar-refractivity contribution in [3.8, 4) is 0 Å². The minimum Gasteiger partial charge on any atom is -0.376 e. The van der Waals surface area contributed by atoms with Crippen LogP contribution in [0.15, 0.2) is 36.5 Å². The quantitative estimate of drug-likeness (QED) is 0.862. The van der Waals surface area contributed by atoms with Crippen molar-refractivity contribution in [1.82, 2.24) is 9.88 Å². The molecule has 5 nitrogen and oxygen atoms in total. The normalized spacial score (nSPS) is 26.4. The number of nitrogens with zero attached hydrogens (tertiary/aromatic N) is 2. The molecule has 132 valence electrons. The number of benzene rings is 1. The molecule has 25 heavy (non-hydrogen) atoms. The molecule has 1 aromatic carbocycles. The first-order valence-electron chi connectivity index (χ1n) is 9.09. The van der Waals surface area contributed by atoms with Crippen molar-refractivity contribution in [3.63, 3.8) is 0 Å². The summed E-state index contributed by atoms with van der Waals surface area (Å²) in [5.41, 5.74) is 1.40. The first-order valence-corrected chi connectivity index (χ1v) is 9.09. The highest BCUT2D eigenvalue weighted by Gasteiger charge is 2.44. The lowest BCUT2D eigenvalue weighted by atomic mass is 9.89. The van der Waals surface area contributed by atoms with E-state index in [1.165, 1.54) is 0 Å². The molecular formula is C20H24N2O3. The van der Waals surface area contributed by atoms with Crippen molar-refractivity contribution < 1.29 is 14.3 Å². The van der Waals surface area contributed by atoms with E-state index in [0.29, 0.717) is 19.8 Å². The van der Waals surface area contributed by atoms with Gasteiger partial charge in [-0.05, 0) is 44.0 Å². The Kier molecular flexibility index (Phi) is 4.44. The van der Waals surface area contributed by atoms with Crippen LogP contribution in [-0.4, -0.2) is 53.8 Å². The van der Waals surface area contributed by atoms with Gasteiger partial charge in [-0.15, -0.1) is 0 Å². The third kappa shape index (κ3) is 3.26. The topological polar surface area (TPSA) is 51.7 Å². The number of likely N-dealkylation sites (tertiary alicyclic amines) is 1. The van der Waals surface area contributed by atoms with Crippen LogP contribution in [0.25, 0.3) is 10.9 Å². The number of carbonyl (C=O) groups excluding carboxylic acids is 1. The van der Waals surface area contributed by atoms with Crippen LogP contribution in [0, 0.1) is 0 Å². The summed E-state index contributed by atoms with van der Waals surface area (Å²) in [5.74, 6) is 0.0771. The fourth-order valence-corrected chi connectivity index (χ4v) is 4.09. The molecule has 2 aliphatic heterocycles. The average molecular weight is 340 g/mol. The Bertz CT molecular complexity index is 778. The summed E-state index contributed by atoms with van der Waals surface area (Å²) in [6.45, 7) is 4.79. The molecule has 0 bridgehead atoms. The number of pyridine rings is 1. The second-order valence-electron chi connectivity index (χ2n) is 7.02. The summed E-state index contributed by atoms with van der Waals surface area (Å²) in [4.78, 5) is 19.3. The molecule has 5 heteroatoms. The zero-order valence-electron chi connectivity index (χ0n) is 14.6. The zero-order chi connectivity index (χ0) is 17.3. The Morgan fingerprint density at radius 3 is 3.24 bits per heavy atom. The highest BCUT2D eigenvalue weighted by Crippen LogP contribution is 2.36. The number of fused-ring (bicyclic) bond motifs is 1. The molecule has 0 radical (unpaired) electrons. The summed E-state index contributed by atoms with van der Waals surface area (Å²) < 4.78 is 11.8. The van der Waals surface area contributed by atoms with E-state index in [4.69, 9.17) is 9.47 Å². The lowest BCUT2D eigenvalue weighted by Gasteiger charge is -2.39. The maximum absolute atomic E-state index is 13.0. The van der Waals surface area contributed by atoms with Crippen LogP contribution in [-0.2, 0) is 9.47 Å². The molecule has 1 spiro atoms. The summed E-state index contributed by atoms with van der Waals surface area (Å²) in [6, 6.07) is 9.61. The molecular weight excluding hydrogens is 316 g/mol. The average Bonchev–Trinajstić information content (AvgIpc) is 3.03. The van der Waals surface area contributed by atoms with E-state index in [2.05, 4.69) is 4.98 Å². The maximum atomic E-state index is 13.0. The van der Waals surface area contributed by atoms with Crippen molar-refractivity contribution in [2.24, 2.45) is 0 Å². The fraction of sp³-hybridized carbons (Fsp3) is 0.500. The van der Waals surface area contributed by atoms with Gasteiger partial charge < -0.3 is 14.4 Å². The fourth-order valence-electron chi connectivity index (χ4n) is 4.09. The monoisotopic (exact) mass is 340 g/mol. The molecule has 1 aromatic heterocycles. The van der Waals surface area contributed by atoms with Crippen LogP contribution in [0.5, 0.6) is 0 Å². The van der Waals surface area contributed by atoms with E-state index in [1.54, 1.807) is 6.20 Å². The van der Waals surface area contributed by atoms with Gasteiger partial charge >= 0.3 is 0 Å². The van der Waals surface area contributed by atoms with Crippen molar-refractivity contribution in [1.29, 1.82) is 0 Å². The lowest BCUT2D eigenvalue weighted by Crippen LogP contribution is -2.50. The van der Waals surface area contributed by atoms with Gasteiger partial charge in [0.2, 0.25) is 0 Å². The molecule has 0 unspecified atom stereocenters. The Hall–Kier alpha value is -1.98. The molecule has 2 aliphatic rings. The molecule has 2 aromatic rings. The molecule has 2 saturated heterocycles. The first kappa shape index (κ1) is 16.5. The Morgan fingerprint density at radius 1 is 1.44 bits per heavy atom. The Balaban J connectivity index is 1.51. The number of aromatic nitrogens is 1. The van der Waals surface area contributed by atoms with Crippen LogP contribution >= 0.6 is 0 Å². The molecule has 4 rings (SSSR count). The van der Waals surface area contributed by atoms with Gasteiger partial charge in [0.15, 0.2) is 0 Å². The van der Waals surface area contributed by atoms with E-state index < -0.39 is 0 Å². The minimum atomic E-state index is -0.230. The van der Waals surface area contributed by atoms with Crippen LogP contribution < -0.4 is 0 Å². The Labute approximate surface area is 147 Å². The van der Waals surface area contributed by atoms with Crippen LogP contribution in [0.1, 0.15) is 36.5 Å². The lowest BCUT2D eigenvalue weighted by molar-refractivity contribution is -0.0462. The van der Waals surface area contributed by atoms with Gasteiger partial charge in [0.25, 0.3) is 5.91 Å². The second-order valence-corrected chi connectivity index (χ2v) is 7.02. The number of ether oxygens (including phenoxy) is 2. The number of piperidine rings is 1. The number of rotatable bonds is 3. The van der Waals surface area contributed by atoms with Gasteiger partial charge in [-0.3, -0.25) is 9.78 Å². The van der Waals surface area contributed by atoms with E-state index in [9.17, 15) is 4.79 Å². The van der Waals surface area contributed by atoms with Gasteiger partial charge in [-0.1, -0.05) is 6.07 Å². The van der Waals surface area contributed by atoms with Crippen molar-refractivity contribution in [2.45, 2.75) is 37.9 Å². The molecule has 1 amide bonds. The highest BCUT2D eigenvalue weighted by molar-refractivity contribution is 5.98. The van der Waals surface area contributed by atoms with Gasteiger partial charge in [-0.25, -0.2) is 0 Å². The summed E-state index contributed by atoms with van der Waals surface area (Å²) >= 11 is 0. The SMILES string of the molecule is CCO[C@@H]1CO[C@@]2(CCCN(C(=O)c3ccc4ncccc4c3)C2)C1. The number of carbonyl (C=O) groups is 1. The van der Waals surface area contributed by atoms with Gasteiger partial charge in [0.05, 0.1) is 30.4 Å². The van der Waals surface area contributed by atoms with E-state index >= 15 is 0 Å². The highest BCUT2D eigenvalue weighted by atomic mass is 16.6. The van der Waals surface area contributed by atoms with Crippen LogP contribution in [0.2, 0.25) is 0 Å². The van der Waals surface area contributed by atoms with Crippen LogP contribution in [0.4, 0.5) is 0 Å². The largest absolute Gasteiger partial charge is 0.376 e. The molecule has 3 heterocycles. The van der Waals surface area contributed by atoms with Gasteiger partial charge in [0, 0.05) is 36.7 Å². The standard InChI is InChI=1S/C20H24N2O3/c1-2-24-17-12-20(25-13-17)8-4-10-22(14-20)19(23)16-6-7-18-15(11-16)5-3-9-21-18/h3,5-7,9,11,17H,2,4,8,10,12-14H2,1H3/t17-,20-/m0/s1. The van der Waals surface area contributed by atoms with Gasteiger partial charge in [0.1, 0.15) is 0 Å². The molecule has 0 aliphatic carbocycles. The summed E-state index contributed by atoms with van der Waals surface area (Å²) in [7, 11) is 0. The number of amides is 1. The smallest absolute Gasteiger partial charge is 0.253 e. The van der Waals surface area contributed by atoms with E-state index in [1.807, 2.05) is 42.2 Å². The predicted molar refractivity (Wildman–Crippen MR) is 95.6 cm³/mol. The number of hydrogen-bond acceptors (Lipinski definition) is 4. The van der Waals surface area contributed by atoms with E-state index in [-0.39, 0.29) is 17.6 Å². The van der Waals surface area contributed by atoms with Crippen molar-refractivity contribution in [2.75, 3.05) is 26.3 Å². The second kappa shape index (κ2) is 6.73. The molecule has 2 atom stereocenters. The first-order chi connectivity index (χ1) is 12.2. The Morgan fingerprint density at radius 2 is 2.36 bits per heavy atom. The third-order valence-corrected chi connectivity index (χ3v) is 5.25. The van der Waals surface area contributed by atoms with Crippen molar-refractivity contribution >= 4 is 16.8 Å². The minimum absolute atomic E-state index is 0.0771. The predicted octanol–water partition coefficient (Wildman–Crippen LogP) is 3.04.